The largest absolute Gasteiger partial charge is 0.422 e. The van der Waals surface area contributed by atoms with Crippen molar-refractivity contribution in [3.63, 3.8) is 0 Å². The molecular formula is C23H25FN4O3. The summed E-state index contributed by atoms with van der Waals surface area (Å²) in [7, 11) is 0. The number of likely N-dealkylation sites (tertiary alicyclic amines) is 1. The molecule has 0 spiro atoms. The number of oxazole rings is 1. The van der Waals surface area contributed by atoms with Crippen LogP contribution in [-0.4, -0.2) is 53.1 Å². The van der Waals surface area contributed by atoms with E-state index in [2.05, 4.69) is 14.9 Å². The van der Waals surface area contributed by atoms with Gasteiger partial charge in [0.25, 0.3) is 6.01 Å². The highest BCUT2D eigenvalue weighted by molar-refractivity contribution is 5.77. The number of fused-ring (bicyclic) bond motifs is 1. The van der Waals surface area contributed by atoms with Gasteiger partial charge in [0.15, 0.2) is 5.58 Å². The summed E-state index contributed by atoms with van der Waals surface area (Å²) in [6, 6.07) is 10.9. The molecule has 2 aliphatic heterocycles. The average molecular weight is 424 g/mol. The molecule has 7 nitrogen and oxygen atoms in total. The van der Waals surface area contributed by atoms with E-state index >= 15 is 0 Å². The first-order chi connectivity index (χ1) is 15.2. The summed E-state index contributed by atoms with van der Waals surface area (Å²) >= 11 is 0. The number of nitrogens with zero attached hydrogens (tertiary/aromatic N) is 4. The van der Waals surface area contributed by atoms with Crippen LogP contribution in [-0.2, 0) is 16.1 Å². The van der Waals surface area contributed by atoms with Gasteiger partial charge in [-0.2, -0.15) is 4.98 Å². The second-order valence-electron chi connectivity index (χ2n) is 8.30. The van der Waals surface area contributed by atoms with Crippen LogP contribution in [0.4, 0.5) is 10.4 Å². The lowest BCUT2D eigenvalue weighted by atomic mass is 9.93. The van der Waals surface area contributed by atoms with Crippen molar-refractivity contribution in [2.24, 2.45) is 5.92 Å². The molecule has 1 amide bonds. The molecule has 2 fully saturated rings. The van der Waals surface area contributed by atoms with Gasteiger partial charge in [-0.05, 0) is 37.0 Å². The second-order valence-corrected chi connectivity index (χ2v) is 8.30. The number of carbonyl (C=O) groups excluding carboxylic acids is 1. The molecule has 1 aromatic carbocycles. The minimum atomic E-state index is -0.258. The number of halogens is 1. The van der Waals surface area contributed by atoms with Crippen LogP contribution in [0.1, 0.15) is 24.8 Å². The van der Waals surface area contributed by atoms with E-state index in [0.29, 0.717) is 42.3 Å². The molecule has 0 N–H and O–H groups in total. The number of aromatic nitrogens is 2. The Morgan fingerprint density at radius 2 is 2.06 bits per heavy atom. The summed E-state index contributed by atoms with van der Waals surface area (Å²) in [5.74, 6) is 0.158. The Labute approximate surface area is 179 Å². The van der Waals surface area contributed by atoms with Crippen LogP contribution in [0, 0.1) is 11.7 Å². The van der Waals surface area contributed by atoms with Crippen LogP contribution >= 0.6 is 0 Å². The van der Waals surface area contributed by atoms with Crippen LogP contribution in [0.5, 0.6) is 0 Å². The van der Waals surface area contributed by atoms with Crippen molar-refractivity contribution in [2.75, 3.05) is 31.1 Å². The van der Waals surface area contributed by atoms with E-state index in [4.69, 9.17) is 9.15 Å². The molecule has 0 bridgehead atoms. The highest BCUT2D eigenvalue weighted by atomic mass is 19.1. The number of rotatable bonds is 6. The number of piperidine rings is 1. The monoisotopic (exact) mass is 424 g/mol. The predicted molar refractivity (Wildman–Crippen MR) is 113 cm³/mol. The van der Waals surface area contributed by atoms with E-state index in [-0.39, 0.29) is 30.4 Å². The molecule has 2 saturated heterocycles. The first-order valence-corrected chi connectivity index (χ1v) is 10.7. The Morgan fingerprint density at radius 1 is 1.19 bits per heavy atom. The van der Waals surface area contributed by atoms with Crippen LogP contribution in [0.15, 0.2) is 47.0 Å². The average Bonchev–Trinajstić information content (AvgIpc) is 3.18. The number of anilines is 1. The lowest BCUT2D eigenvalue weighted by Gasteiger charge is -2.40. The molecule has 2 aromatic heterocycles. The van der Waals surface area contributed by atoms with Gasteiger partial charge in [-0.3, -0.25) is 4.79 Å². The Kier molecular flexibility index (Phi) is 5.55. The zero-order valence-corrected chi connectivity index (χ0v) is 17.2. The Balaban J connectivity index is 1.10. The molecule has 8 heteroatoms. The van der Waals surface area contributed by atoms with Gasteiger partial charge < -0.3 is 19.0 Å². The molecule has 31 heavy (non-hydrogen) atoms. The number of hydrogen-bond donors (Lipinski definition) is 0. The van der Waals surface area contributed by atoms with Gasteiger partial charge in [0.1, 0.15) is 5.82 Å². The normalized spacial score (nSPS) is 19.6. The van der Waals surface area contributed by atoms with Gasteiger partial charge in [-0.1, -0.05) is 18.2 Å². The Bertz CT molecular complexity index is 1030. The smallest absolute Gasteiger partial charge is 0.299 e. The van der Waals surface area contributed by atoms with E-state index in [1.165, 1.54) is 6.07 Å². The van der Waals surface area contributed by atoms with Crippen molar-refractivity contribution in [1.29, 1.82) is 0 Å². The number of pyridine rings is 1. The number of carbonyl (C=O) groups is 1. The van der Waals surface area contributed by atoms with Gasteiger partial charge in [-0.15, -0.1) is 0 Å². The third-order valence-electron chi connectivity index (χ3n) is 6.04. The molecule has 0 saturated carbocycles. The highest BCUT2D eigenvalue weighted by Gasteiger charge is 2.33. The maximum absolute atomic E-state index is 13.7. The molecule has 1 atom stereocenters. The third kappa shape index (κ3) is 4.39. The molecular weight excluding hydrogens is 399 g/mol. The Hall–Kier alpha value is -3.00. The van der Waals surface area contributed by atoms with E-state index in [0.717, 1.165) is 25.9 Å². The second kappa shape index (κ2) is 8.63. The summed E-state index contributed by atoms with van der Waals surface area (Å²) in [6.45, 7) is 2.99. The van der Waals surface area contributed by atoms with Crippen molar-refractivity contribution >= 4 is 23.2 Å². The van der Waals surface area contributed by atoms with Crippen LogP contribution in [0.25, 0.3) is 11.2 Å². The van der Waals surface area contributed by atoms with E-state index < -0.39 is 0 Å². The molecule has 162 valence electrons. The predicted octanol–water partition coefficient (Wildman–Crippen LogP) is 3.40. The number of amides is 1. The molecule has 0 radical (unpaired) electrons. The number of hydrogen-bond acceptors (Lipinski definition) is 6. The zero-order chi connectivity index (χ0) is 21.2. The first kappa shape index (κ1) is 19.9. The summed E-state index contributed by atoms with van der Waals surface area (Å²) < 4.78 is 25.3. The van der Waals surface area contributed by atoms with Gasteiger partial charge in [0.2, 0.25) is 11.6 Å². The maximum atomic E-state index is 13.7. The van der Waals surface area contributed by atoms with Crippen LogP contribution in [0.2, 0.25) is 0 Å². The number of ether oxygens (including phenoxy) is 1. The lowest BCUT2D eigenvalue weighted by molar-refractivity contribution is -0.147. The summed E-state index contributed by atoms with van der Waals surface area (Å²) in [5, 5.41) is 0. The molecule has 1 unspecified atom stereocenters. The SMILES string of the molecule is O=C(CC1CCCN(c2nc3ncccc3o2)C1)N1CC(OCc2ccccc2F)C1. The number of benzene rings is 1. The Morgan fingerprint density at radius 3 is 2.90 bits per heavy atom. The van der Waals surface area contributed by atoms with Crippen molar-refractivity contribution < 1.29 is 18.3 Å². The quantitative estimate of drug-likeness (QED) is 0.604. The van der Waals surface area contributed by atoms with Gasteiger partial charge in [0.05, 0.1) is 12.7 Å². The minimum absolute atomic E-state index is 0.0290. The van der Waals surface area contributed by atoms with Crippen molar-refractivity contribution in [2.45, 2.75) is 32.0 Å². The lowest BCUT2D eigenvalue weighted by Crippen LogP contribution is -2.55. The fraction of sp³-hybridized carbons (Fsp3) is 0.435. The van der Waals surface area contributed by atoms with E-state index in [1.54, 1.807) is 24.4 Å². The summed E-state index contributed by atoms with van der Waals surface area (Å²) in [5.41, 5.74) is 1.83. The maximum Gasteiger partial charge on any atom is 0.299 e. The summed E-state index contributed by atoms with van der Waals surface area (Å²) in [6.07, 6.45) is 4.20. The highest BCUT2D eigenvalue weighted by Crippen LogP contribution is 2.28. The molecule has 0 aliphatic carbocycles. The van der Waals surface area contributed by atoms with Crippen molar-refractivity contribution in [1.82, 2.24) is 14.9 Å². The van der Waals surface area contributed by atoms with Gasteiger partial charge in [0, 0.05) is 44.4 Å². The van der Waals surface area contributed by atoms with Crippen molar-refractivity contribution in [3.8, 4) is 0 Å². The molecule has 3 aromatic rings. The standard InChI is InChI=1S/C23H25FN4O3/c24-19-7-2-1-6-17(19)15-30-18-13-28(14-18)21(29)11-16-5-4-10-27(12-16)23-26-22-20(31-23)8-3-9-25-22/h1-3,6-9,16,18H,4-5,10-15H2. The van der Waals surface area contributed by atoms with Gasteiger partial charge in [-0.25, -0.2) is 9.37 Å². The fourth-order valence-electron chi connectivity index (χ4n) is 4.24. The molecule has 4 heterocycles. The van der Waals surface area contributed by atoms with Crippen molar-refractivity contribution in [3.05, 3.63) is 54.0 Å². The topological polar surface area (TPSA) is 71.7 Å². The molecule has 2 aliphatic rings. The van der Waals surface area contributed by atoms with E-state index in [9.17, 15) is 9.18 Å². The molecule has 5 rings (SSSR count). The van der Waals surface area contributed by atoms with Gasteiger partial charge >= 0.3 is 0 Å². The minimum Gasteiger partial charge on any atom is -0.422 e. The van der Waals surface area contributed by atoms with Crippen LogP contribution in [0.3, 0.4) is 0 Å². The first-order valence-electron chi connectivity index (χ1n) is 10.7. The summed E-state index contributed by atoms with van der Waals surface area (Å²) in [4.78, 5) is 25.3. The van der Waals surface area contributed by atoms with E-state index in [1.807, 2.05) is 17.0 Å². The third-order valence-corrected chi connectivity index (χ3v) is 6.04. The van der Waals surface area contributed by atoms with Crippen LogP contribution < -0.4 is 4.90 Å². The zero-order valence-electron chi connectivity index (χ0n) is 17.2. The fourth-order valence-corrected chi connectivity index (χ4v) is 4.24.